The van der Waals surface area contributed by atoms with Crippen molar-refractivity contribution >= 4 is 12.0 Å². The van der Waals surface area contributed by atoms with E-state index in [0.29, 0.717) is 5.76 Å². The van der Waals surface area contributed by atoms with Gasteiger partial charge in [0.1, 0.15) is 5.76 Å². The second-order valence-corrected chi connectivity index (χ2v) is 2.94. The van der Waals surface area contributed by atoms with Crippen molar-refractivity contribution in [1.82, 2.24) is 9.97 Å². The predicted octanol–water partition coefficient (Wildman–Crippen LogP) is 1.66. The summed E-state index contributed by atoms with van der Waals surface area (Å²) in [6, 6.07) is 3.49. The first kappa shape index (κ1) is 11.1. The van der Waals surface area contributed by atoms with Crippen LogP contribution in [-0.4, -0.2) is 23.3 Å². The average molecular weight is 236 g/mol. The van der Waals surface area contributed by atoms with Crippen molar-refractivity contribution < 1.29 is 13.5 Å². The normalized spacial score (nSPS) is 10.7. The SMILES string of the molecule is COc1ncc(F)c(N/N=C/c2ccco2)n1. The minimum atomic E-state index is -0.623. The molecule has 0 bridgehead atoms. The van der Waals surface area contributed by atoms with Crippen molar-refractivity contribution in [2.75, 3.05) is 12.5 Å². The van der Waals surface area contributed by atoms with Crippen LogP contribution in [0.25, 0.3) is 0 Å². The molecular weight excluding hydrogens is 227 g/mol. The standard InChI is InChI=1S/C10H9FN4O2/c1-16-10-12-6-8(11)9(14-10)15-13-5-7-3-2-4-17-7/h2-6H,1H3,(H,12,14,15)/b13-5+. The number of furan rings is 1. The Morgan fingerprint density at radius 2 is 2.47 bits per heavy atom. The lowest BCUT2D eigenvalue weighted by atomic mass is 10.5. The largest absolute Gasteiger partial charge is 0.467 e. The Morgan fingerprint density at radius 1 is 1.59 bits per heavy atom. The molecule has 0 saturated carbocycles. The molecule has 0 aromatic carbocycles. The van der Waals surface area contributed by atoms with Gasteiger partial charge in [0.2, 0.25) is 0 Å². The van der Waals surface area contributed by atoms with E-state index >= 15 is 0 Å². The number of rotatable bonds is 4. The van der Waals surface area contributed by atoms with Crippen molar-refractivity contribution in [2.24, 2.45) is 5.10 Å². The molecule has 88 valence electrons. The summed E-state index contributed by atoms with van der Waals surface area (Å²) in [5.74, 6) is -0.152. The fourth-order valence-electron chi connectivity index (χ4n) is 1.05. The number of methoxy groups -OCH3 is 1. The van der Waals surface area contributed by atoms with Crippen LogP contribution in [0.1, 0.15) is 5.76 Å². The van der Waals surface area contributed by atoms with Gasteiger partial charge < -0.3 is 9.15 Å². The Hall–Kier alpha value is -2.44. The van der Waals surface area contributed by atoms with Crippen LogP contribution >= 0.6 is 0 Å². The van der Waals surface area contributed by atoms with Crippen molar-refractivity contribution in [3.63, 3.8) is 0 Å². The van der Waals surface area contributed by atoms with E-state index in [-0.39, 0.29) is 11.8 Å². The molecule has 0 aliphatic heterocycles. The summed E-state index contributed by atoms with van der Waals surface area (Å²) >= 11 is 0. The Kier molecular flexibility index (Phi) is 3.29. The molecule has 0 spiro atoms. The molecule has 17 heavy (non-hydrogen) atoms. The van der Waals surface area contributed by atoms with E-state index < -0.39 is 5.82 Å². The summed E-state index contributed by atoms with van der Waals surface area (Å²) in [5.41, 5.74) is 2.43. The highest BCUT2D eigenvalue weighted by Crippen LogP contribution is 2.12. The Balaban J connectivity index is 2.08. The van der Waals surface area contributed by atoms with E-state index in [4.69, 9.17) is 9.15 Å². The molecule has 0 amide bonds. The van der Waals surface area contributed by atoms with Gasteiger partial charge in [0.25, 0.3) is 0 Å². The maximum Gasteiger partial charge on any atom is 0.318 e. The Bertz CT molecular complexity index is 513. The van der Waals surface area contributed by atoms with Crippen LogP contribution < -0.4 is 10.2 Å². The Labute approximate surface area is 96.1 Å². The second kappa shape index (κ2) is 5.06. The molecule has 2 rings (SSSR count). The third-order valence-electron chi connectivity index (χ3n) is 1.81. The molecule has 0 atom stereocenters. The summed E-state index contributed by atoms with van der Waals surface area (Å²) in [5, 5.41) is 3.77. The van der Waals surface area contributed by atoms with Crippen LogP contribution in [0.3, 0.4) is 0 Å². The number of hydrazone groups is 1. The lowest BCUT2D eigenvalue weighted by Gasteiger charge is -2.02. The first-order chi connectivity index (χ1) is 8.29. The molecule has 6 nitrogen and oxygen atoms in total. The van der Waals surface area contributed by atoms with E-state index in [9.17, 15) is 4.39 Å². The summed E-state index contributed by atoms with van der Waals surface area (Å²) < 4.78 is 23.0. The van der Waals surface area contributed by atoms with E-state index in [2.05, 4.69) is 20.5 Å². The van der Waals surface area contributed by atoms with Crippen molar-refractivity contribution in [1.29, 1.82) is 0 Å². The van der Waals surface area contributed by atoms with Gasteiger partial charge in [0, 0.05) is 0 Å². The fraction of sp³-hybridized carbons (Fsp3) is 0.100. The van der Waals surface area contributed by atoms with Crippen LogP contribution in [0.2, 0.25) is 0 Å². The van der Waals surface area contributed by atoms with Gasteiger partial charge in [0.15, 0.2) is 11.6 Å². The van der Waals surface area contributed by atoms with Crippen LogP contribution in [0, 0.1) is 5.82 Å². The zero-order valence-electron chi connectivity index (χ0n) is 8.92. The maximum atomic E-state index is 13.2. The monoisotopic (exact) mass is 236 g/mol. The fourth-order valence-corrected chi connectivity index (χ4v) is 1.05. The molecule has 0 aliphatic rings. The highest BCUT2D eigenvalue weighted by molar-refractivity contribution is 5.76. The highest BCUT2D eigenvalue weighted by Gasteiger charge is 2.05. The molecule has 0 fully saturated rings. The summed E-state index contributed by atoms with van der Waals surface area (Å²) in [6.07, 6.45) is 3.90. The summed E-state index contributed by atoms with van der Waals surface area (Å²) in [7, 11) is 1.39. The number of nitrogens with zero attached hydrogens (tertiary/aromatic N) is 3. The molecular formula is C10H9FN4O2. The molecule has 0 aliphatic carbocycles. The lowest BCUT2D eigenvalue weighted by molar-refractivity contribution is 0.377. The second-order valence-electron chi connectivity index (χ2n) is 2.94. The number of aromatic nitrogens is 2. The lowest BCUT2D eigenvalue weighted by Crippen LogP contribution is -2.00. The van der Waals surface area contributed by atoms with E-state index in [1.165, 1.54) is 19.6 Å². The number of hydrogen-bond donors (Lipinski definition) is 1. The zero-order chi connectivity index (χ0) is 12.1. The molecule has 1 N–H and O–H groups in total. The van der Waals surface area contributed by atoms with Gasteiger partial charge in [-0.2, -0.15) is 10.1 Å². The van der Waals surface area contributed by atoms with Crippen LogP contribution in [-0.2, 0) is 0 Å². The number of ether oxygens (including phenoxy) is 1. The highest BCUT2D eigenvalue weighted by atomic mass is 19.1. The third kappa shape index (κ3) is 2.77. The first-order valence-corrected chi connectivity index (χ1v) is 4.68. The molecule has 0 unspecified atom stereocenters. The van der Waals surface area contributed by atoms with E-state index in [0.717, 1.165) is 6.20 Å². The van der Waals surface area contributed by atoms with E-state index in [1.807, 2.05) is 0 Å². The molecule has 7 heteroatoms. The molecule has 2 aromatic rings. The molecule has 0 radical (unpaired) electrons. The topological polar surface area (TPSA) is 72.5 Å². The smallest absolute Gasteiger partial charge is 0.318 e. The van der Waals surface area contributed by atoms with Crippen molar-refractivity contribution in [3.05, 3.63) is 36.2 Å². The van der Waals surface area contributed by atoms with Gasteiger partial charge in [-0.1, -0.05) is 0 Å². The quantitative estimate of drug-likeness (QED) is 0.645. The van der Waals surface area contributed by atoms with Gasteiger partial charge >= 0.3 is 6.01 Å². The van der Waals surface area contributed by atoms with Gasteiger partial charge in [-0.15, -0.1) is 0 Å². The summed E-state index contributed by atoms with van der Waals surface area (Å²) in [4.78, 5) is 7.34. The number of anilines is 1. The summed E-state index contributed by atoms with van der Waals surface area (Å²) in [6.45, 7) is 0. The van der Waals surface area contributed by atoms with Gasteiger partial charge in [-0.05, 0) is 12.1 Å². The number of halogens is 1. The number of nitrogens with one attached hydrogen (secondary N) is 1. The van der Waals surface area contributed by atoms with Crippen LogP contribution in [0.5, 0.6) is 6.01 Å². The van der Waals surface area contributed by atoms with Gasteiger partial charge in [0.05, 0.1) is 25.8 Å². The van der Waals surface area contributed by atoms with Crippen molar-refractivity contribution in [2.45, 2.75) is 0 Å². The first-order valence-electron chi connectivity index (χ1n) is 4.68. The number of hydrogen-bond acceptors (Lipinski definition) is 6. The average Bonchev–Trinajstić information content (AvgIpc) is 2.84. The van der Waals surface area contributed by atoms with Gasteiger partial charge in [-0.3, -0.25) is 5.43 Å². The maximum absolute atomic E-state index is 13.2. The zero-order valence-corrected chi connectivity index (χ0v) is 8.92. The molecule has 0 saturated heterocycles. The van der Waals surface area contributed by atoms with Crippen LogP contribution in [0.15, 0.2) is 34.1 Å². The molecule has 2 heterocycles. The Morgan fingerprint density at radius 3 is 3.18 bits per heavy atom. The minimum absolute atomic E-state index is 0.0575. The van der Waals surface area contributed by atoms with Crippen LogP contribution in [0.4, 0.5) is 10.2 Å². The van der Waals surface area contributed by atoms with Crippen molar-refractivity contribution in [3.8, 4) is 6.01 Å². The van der Waals surface area contributed by atoms with E-state index in [1.54, 1.807) is 12.1 Å². The van der Waals surface area contributed by atoms with Gasteiger partial charge in [-0.25, -0.2) is 9.37 Å². The third-order valence-corrected chi connectivity index (χ3v) is 1.81. The minimum Gasteiger partial charge on any atom is -0.467 e. The predicted molar refractivity (Wildman–Crippen MR) is 58.5 cm³/mol. The molecule has 2 aromatic heterocycles.